The minimum atomic E-state index is -1.13. The van der Waals surface area contributed by atoms with Gasteiger partial charge in [-0.25, -0.2) is 13.8 Å². The summed E-state index contributed by atoms with van der Waals surface area (Å²) in [5.74, 6) is -3.75. The van der Waals surface area contributed by atoms with Gasteiger partial charge in [-0.3, -0.25) is 14.5 Å². The topological polar surface area (TPSA) is 105 Å². The zero-order valence-corrected chi connectivity index (χ0v) is 21.0. The largest absolute Gasteiger partial charge is 0.507 e. The van der Waals surface area contributed by atoms with E-state index in [4.69, 9.17) is 9.47 Å². The average molecular weight is 570 g/mol. The van der Waals surface area contributed by atoms with Crippen LogP contribution in [0, 0.1) is 11.6 Å². The Balaban J connectivity index is 1.74. The maximum Gasteiger partial charge on any atom is 0.302 e. The number of anilines is 1. The molecule has 2 heterocycles. The first-order chi connectivity index (χ1) is 17.7. The lowest BCUT2D eigenvalue weighted by Crippen LogP contribution is -2.30. The van der Waals surface area contributed by atoms with Crippen molar-refractivity contribution in [1.29, 1.82) is 0 Å². The van der Waals surface area contributed by atoms with E-state index < -0.39 is 35.1 Å². The number of aromatic nitrogens is 2. The van der Waals surface area contributed by atoms with Crippen molar-refractivity contribution in [3.05, 3.63) is 87.4 Å². The molecule has 1 aliphatic heterocycles. The van der Waals surface area contributed by atoms with E-state index in [0.717, 1.165) is 17.0 Å². The van der Waals surface area contributed by atoms with Crippen LogP contribution in [0.3, 0.4) is 0 Å². The van der Waals surface area contributed by atoms with Crippen LogP contribution in [0.4, 0.5) is 14.7 Å². The van der Waals surface area contributed by atoms with Gasteiger partial charge in [0.15, 0.2) is 11.6 Å². The summed E-state index contributed by atoms with van der Waals surface area (Å²) in [7, 11) is 2.95. The van der Waals surface area contributed by atoms with E-state index in [1.165, 1.54) is 14.2 Å². The van der Waals surface area contributed by atoms with Crippen molar-refractivity contribution < 1.29 is 33.0 Å². The fraction of sp³-hybridized carbons (Fsp3) is 0.115. The Morgan fingerprint density at radius 2 is 1.81 bits per heavy atom. The minimum Gasteiger partial charge on any atom is -0.507 e. The summed E-state index contributed by atoms with van der Waals surface area (Å²) in [6, 6.07) is 12.0. The number of hydrogen-bond donors (Lipinski definition) is 2. The molecular weight excluding hydrogens is 552 g/mol. The second-order valence-electron chi connectivity index (χ2n) is 8.14. The Morgan fingerprint density at radius 3 is 2.51 bits per heavy atom. The van der Waals surface area contributed by atoms with Crippen molar-refractivity contribution in [2.45, 2.75) is 6.04 Å². The van der Waals surface area contributed by atoms with E-state index in [1.807, 2.05) is 0 Å². The standard InChI is InChI=1S/C26H18BrF2N3O5/c1-36-14-5-3-4-12(8-14)22-21(23(33)13-6-7-20(37-2)15(27)9-13)24(34)25(35)32(22)26-30-18-10-16(28)17(29)11-19(18)31-26/h3-11,22,33H,1-2H3,(H,30,31)/b23-21+. The number of Topliss-reactive ketones (excluding diaryl/α,β-unsaturated/α-hetero) is 1. The molecule has 0 spiro atoms. The van der Waals surface area contributed by atoms with Gasteiger partial charge in [-0.2, -0.15) is 0 Å². The number of hydrogen-bond acceptors (Lipinski definition) is 6. The third-order valence-electron chi connectivity index (χ3n) is 6.02. The van der Waals surface area contributed by atoms with Gasteiger partial charge >= 0.3 is 5.91 Å². The van der Waals surface area contributed by atoms with Gasteiger partial charge in [0.05, 0.1) is 41.3 Å². The number of fused-ring (bicyclic) bond motifs is 1. The number of H-pyrrole nitrogens is 1. The Labute approximate surface area is 217 Å². The molecule has 1 aliphatic rings. The third-order valence-corrected chi connectivity index (χ3v) is 6.64. The van der Waals surface area contributed by atoms with Gasteiger partial charge in [0.2, 0.25) is 5.95 Å². The first-order valence-electron chi connectivity index (χ1n) is 10.9. The lowest BCUT2D eigenvalue weighted by atomic mass is 9.95. The number of amides is 1. The Hall–Kier alpha value is -4.25. The molecule has 37 heavy (non-hydrogen) atoms. The maximum absolute atomic E-state index is 13.8. The molecule has 0 saturated carbocycles. The number of ketones is 1. The van der Waals surface area contributed by atoms with E-state index in [1.54, 1.807) is 42.5 Å². The van der Waals surface area contributed by atoms with E-state index in [0.29, 0.717) is 21.5 Å². The van der Waals surface area contributed by atoms with Gasteiger partial charge < -0.3 is 19.6 Å². The Morgan fingerprint density at radius 1 is 1.05 bits per heavy atom. The second-order valence-corrected chi connectivity index (χ2v) is 8.99. The van der Waals surface area contributed by atoms with Gasteiger partial charge in [0.1, 0.15) is 17.3 Å². The first-order valence-corrected chi connectivity index (χ1v) is 11.7. The van der Waals surface area contributed by atoms with Crippen LogP contribution in [-0.4, -0.2) is 41.0 Å². The number of imidazole rings is 1. The highest BCUT2D eigenvalue weighted by Crippen LogP contribution is 2.43. The van der Waals surface area contributed by atoms with E-state index in [9.17, 15) is 23.5 Å². The summed E-state index contributed by atoms with van der Waals surface area (Å²) >= 11 is 3.36. The quantitative estimate of drug-likeness (QED) is 0.193. The number of carbonyl (C=O) groups excluding carboxylic acids is 2. The van der Waals surface area contributed by atoms with Gasteiger partial charge in [-0.05, 0) is 51.8 Å². The number of nitrogens with one attached hydrogen (secondary N) is 1. The molecule has 3 aromatic carbocycles. The van der Waals surface area contributed by atoms with E-state index >= 15 is 0 Å². The zero-order chi connectivity index (χ0) is 26.4. The molecule has 4 aromatic rings. The maximum atomic E-state index is 13.8. The number of ether oxygens (including phenoxy) is 2. The molecule has 1 saturated heterocycles. The molecular formula is C26H18BrF2N3O5. The average Bonchev–Trinajstić information content (AvgIpc) is 3.41. The summed E-state index contributed by atoms with van der Waals surface area (Å²) in [5, 5.41) is 11.3. The van der Waals surface area contributed by atoms with Crippen molar-refractivity contribution in [2.24, 2.45) is 0 Å². The molecule has 1 fully saturated rings. The molecule has 1 unspecified atom stereocenters. The van der Waals surface area contributed by atoms with Crippen LogP contribution in [0.1, 0.15) is 17.2 Å². The highest BCUT2D eigenvalue weighted by Gasteiger charge is 2.48. The van der Waals surface area contributed by atoms with Crippen LogP contribution in [-0.2, 0) is 9.59 Å². The fourth-order valence-electron chi connectivity index (χ4n) is 4.25. The SMILES string of the molecule is COc1cccc(C2/C(=C(\O)c3ccc(OC)c(Br)c3)C(=O)C(=O)N2c2nc3cc(F)c(F)cc3[nH]2)c1. The number of aliphatic hydroxyl groups is 1. The number of nitrogens with zero attached hydrogens (tertiary/aromatic N) is 2. The predicted molar refractivity (Wildman–Crippen MR) is 134 cm³/mol. The second kappa shape index (κ2) is 9.32. The van der Waals surface area contributed by atoms with Crippen LogP contribution < -0.4 is 14.4 Å². The zero-order valence-electron chi connectivity index (χ0n) is 19.4. The number of benzene rings is 3. The van der Waals surface area contributed by atoms with Gasteiger partial charge in [0, 0.05) is 17.7 Å². The minimum absolute atomic E-state index is 0.0549. The fourth-order valence-corrected chi connectivity index (χ4v) is 4.79. The molecule has 8 nitrogen and oxygen atoms in total. The molecule has 0 aliphatic carbocycles. The van der Waals surface area contributed by atoms with E-state index in [-0.39, 0.29) is 28.1 Å². The lowest BCUT2D eigenvalue weighted by Gasteiger charge is -2.23. The molecule has 1 atom stereocenters. The molecule has 0 radical (unpaired) electrons. The van der Waals surface area contributed by atoms with Crippen molar-refractivity contribution in [1.82, 2.24) is 9.97 Å². The van der Waals surface area contributed by atoms with Crippen molar-refractivity contribution >= 4 is 50.4 Å². The first kappa shape index (κ1) is 24.4. The van der Waals surface area contributed by atoms with Gasteiger partial charge in [-0.15, -0.1) is 0 Å². The summed E-state index contributed by atoms with van der Waals surface area (Å²) in [6.45, 7) is 0. The highest BCUT2D eigenvalue weighted by molar-refractivity contribution is 9.10. The molecule has 1 aromatic heterocycles. The molecule has 11 heteroatoms. The number of aliphatic hydroxyl groups excluding tert-OH is 1. The summed E-state index contributed by atoms with van der Waals surface area (Å²) in [5.41, 5.74) is 0.671. The molecule has 0 bridgehead atoms. The van der Waals surface area contributed by atoms with Gasteiger partial charge in [-0.1, -0.05) is 12.1 Å². The van der Waals surface area contributed by atoms with Crippen LogP contribution in [0.5, 0.6) is 11.5 Å². The third kappa shape index (κ3) is 4.10. The number of rotatable bonds is 5. The van der Waals surface area contributed by atoms with Crippen LogP contribution in [0.2, 0.25) is 0 Å². The summed E-state index contributed by atoms with van der Waals surface area (Å²) < 4.78 is 38.7. The normalized spacial score (nSPS) is 17.0. The van der Waals surface area contributed by atoms with Crippen LogP contribution >= 0.6 is 15.9 Å². The monoisotopic (exact) mass is 569 g/mol. The number of methoxy groups -OCH3 is 2. The number of halogens is 3. The summed E-state index contributed by atoms with van der Waals surface area (Å²) in [6.07, 6.45) is 0. The Bertz CT molecular complexity index is 1580. The van der Waals surface area contributed by atoms with Crippen molar-refractivity contribution in [3.8, 4) is 11.5 Å². The molecule has 5 rings (SSSR count). The Kier molecular flexibility index (Phi) is 6.16. The van der Waals surface area contributed by atoms with Gasteiger partial charge in [0.25, 0.3) is 5.78 Å². The van der Waals surface area contributed by atoms with Crippen LogP contribution in [0.25, 0.3) is 16.8 Å². The van der Waals surface area contributed by atoms with Crippen molar-refractivity contribution in [2.75, 3.05) is 19.1 Å². The molecule has 188 valence electrons. The smallest absolute Gasteiger partial charge is 0.302 e. The molecule has 2 N–H and O–H groups in total. The highest BCUT2D eigenvalue weighted by atomic mass is 79.9. The lowest BCUT2D eigenvalue weighted by molar-refractivity contribution is -0.132. The van der Waals surface area contributed by atoms with Crippen LogP contribution in [0.15, 0.2) is 64.6 Å². The summed E-state index contributed by atoms with van der Waals surface area (Å²) in [4.78, 5) is 34.7. The predicted octanol–water partition coefficient (Wildman–Crippen LogP) is 5.25. The van der Waals surface area contributed by atoms with E-state index in [2.05, 4.69) is 25.9 Å². The molecule has 1 amide bonds. The van der Waals surface area contributed by atoms with Crippen molar-refractivity contribution in [3.63, 3.8) is 0 Å². The number of carbonyl (C=O) groups is 2. The number of aromatic amines is 1.